The smallest absolute Gasteiger partial charge is 0.253 e. The third-order valence-electron chi connectivity index (χ3n) is 4.17. The predicted octanol–water partition coefficient (Wildman–Crippen LogP) is 4.18. The number of aryl methyl sites for hydroxylation is 1. The summed E-state index contributed by atoms with van der Waals surface area (Å²) in [5.74, 6) is 0.196. The van der Waals surface area contributed by atoms with E-state index in [1.54, 1.807) is 26.2 Å². The quantitative estimate of drug-likeness (QED) is 0.776. The van der Waals surface area contributed by atoms with Gasteiger partial charge in [0, 0.05) is 5.39 Å². The number of halogens is 1. The summed E-state index contributed by atoms with van der Waals surface area (Å²) in [5, 5.41) is 3.77. The summed E-state index contributed by atoms with van der Waals surface area (Å²) in [7, 11) is 1.60. The number of rotatable bonds is 4. The maximum atomic E-state index is 13.0. The lowest BCUT2D eigenvalue weighted by Gasteiger charge is -2.15. The van der Waals surface area contributed by atoms with Crippen LogP contribution in [0.2, 0.25) is 0 Å². The van der Waals surface area contributed by atoms with Gasteiger partial charge in [-0.1, -0.05) is 12.1 Å². The van der Waals surface area contributed by atoms with Crippen LogP contribution in [0.3, 0.4) is 0 Å². The van der Waals surface area contributed by atoms with Gasteiger partial charge in [0.05, 0.1) is 29.9 Å². The number of pyridine rings is 1. The van der Waals surface area contributed by atoms with Crippen molar-refractivity contribution in [1.29, 1.82) is 0 Å². The van der Waals surface area contributed by atoms with Crippen LogP contribution in [-0.4, -0.2) is 18.0 Å². The van der Waals surface area contributed by atoms with Gasteiger partial charge in [-0.05, 0) is 55.8 Å². The van der Waals surface area contributed by atoms with Gasteiger partial charge in [0.1, 0.15) is 11.6 Å². The normalized spacial score (nSPS) is 12.0. The monoisotopic (exact) mass is 338 g/mol. The summed E-state index contributed by atoms with van der Waals surface area (Å²) >= 11 is 0. The SMILES string of the molecule is COc1ccc2nc(C)c(C(=O)N[C@H](C)c3ccc(F)cc3)cc2c1. The van der Waals surface area contributed by atoms with Crippen molar-refractivity contribution in [3.8, 4) is 5.75 Å². The van der Waals surface area contributed by atoms with E-state index in [4.69, 9.17) is 4.74 Å². The molecule has 0 saturated heterocycles. The average molecular weight is 338 g/mol. The van der Waals surface area contributed by atoms with E-state index in [1.165, 1.54) is 12.1 Å². The Hall–Kier alpha value is -2.95. The lowest BCUT2D eigenvalue weighted by molar-refractivity contribution is 0.0939. The van der Waals surface area contributed by atoms with E-state index in [1.807, 2.05) is 31.2 Å². The van der Waals surface area contributed by atoms with Crippen molar-refractivity contribution in [3.05, 3.63) is 71.2 Å². The van der Waals surface area contributed by atoms with Gasteiger partial charge in [0.25, 0.3) is 5.91 Å². The molecule has 1 atom stereocenters. The van der Waals surface area contributed by atoms with Crippen LogP contribution >= 0.6 is 0 Å². The molecule has 1 heterocycles. The van der Waals surface area contributed by atoms with Crippen LogP contribution in [0.5, 0.6) is 5.75 Å². The first-order valence-electron chi connectivity index (χ1n) is 7.99. The molecule has 1 N–H and O–H groups in total. The Morgan fingerprint density at radius 2 is 1.88 bits per heavy atom. The second kappa shape index (κ2) is 6.89. The minimum Gasteiger partial charge on any atom is -0.497 e. The van der Waals surface area contributed by atoms with Crippen molar-refractivity contribution in [2.45, 2.75) is 19.9 Å². The highest BCUT2D eigenvalue weighted by atomic mass is 19.1. The van der Waals surface area contributed by atoms with E-state index in [9.17, 15) is 9.18 Å². The first-order valence-corrected chi connectivity index (χ1v) is 7.99. The summed E-state index contributed by atoms with van der Waals surface area (Å²) in [6.07, 6.45) is 0. The standard InChI is InChI=1S/C20H19FN2O2/c1-12(14-4-6-16(21)7-5-14)23-20(24)18-11-15-10-17(25-3)8-9-19(15)22-13(18)2/h4-12H,1-3H3,(H,23,24)/t12-/m1/s1. The zero-order chi connectivity index (χ0) is 18.0. The zero-order valence-corrected chi connectivity index (χ0v) is 14.3. The fourth-order valence-electron chi connectivity index (χ4n) is 2.72. The summed E-state index contributed by atoms with van der Waals surface area (Å²) in [6, 6.07) is 13.2. The van der Waals surface area contributed by atoms with Gasteiger partial charge in [0.15, 0.2) is 0 Å². The number of hydrogen-bond donors (Lipinski definition) is 1. The van der Waals surface area contributed by atoms with E-state index in [-0.39, 0.29) is 17.8 Å². The van der Waals surface area contributed by atoms with Crippen molar-refractivity contribution in [2.75, 3.05) is 7.11 Å². The molecule has 1 aromatic heterocycles. The Morgan fingerprint density at radius 1 is 1.16 bits per heavy atom. The van der Waals surface area contributed by atoms with Gasteiger partial charge in [-0.2, -0.15) is 0 Å². The minimum atomic E-state index is -0.300. The number of nitrogens with one attached hydrogen (secondary N) is 1. The summed E-state index contributed by atoms with van der Waals surface area (Å²) < 4.78 is 18.3. The van der Waals surface area contributed by atoms with Crippen LogP contribution in [0.4, 0.5) is 4.39 Å². The molecule has 0 saturated carbocycles. The Labute approximate surface area is 145 Å². The molecular weight excluding hydrogens is 319 g/mol. The summed E-state index contributed by atoms with van der Waals surface area (Å²) in [4.78, 5) is 17.2. The van der Waals surface area contributed by atoms with Crippen LogP contribution < -0.4 is 10.1 Å². The van der Waals surface area contributed by atoms with E-state index in [2.05, 4.69) is 10.3 Å². The van der Waals surface area contributed by atoms with Gasteiger partial charge < -0.3 is 10.1 Å². The fraction of sp³-hybridized carbons (Fsp3) is 0.200. The number of aromatic nitrogens is 1. The Bertz CT molecular complexity index is 923. The van der Waals surface area contributed by atoms with Crippen molar-refractivity contribution < 1.29 is 13.9 Å². The third-order valence-corrected chi connectivity index (χ3v) is 4.17. The second-order valence-electron chi connectivity index (χ2n) is 5.93. The van der Waals surface area contributed by atoms with Crippen LogP contribution in [0, 0.1) is 12.7 Å². The first-order chi connectivity index (χ1) is 12.0. The van der Waals surface area contributed by atoms with E-state index in [0.717, 1.165) is 16.5 Å². The molecule has 0 unspecified atom stereocenters. The molecule has 0 aliphatic rings. The summed E-state index contributed by atoms with van der Waals surface area (Å²) in [5.41, 5.74) is 2.81. The molecule has 3 rings (SSSR count). The Balaban J connectivity index is 1.88. The molecular formula is C20H19FN2O2. The van der Waals surface area contributed by atoms with Crippen molar-refractivity contribution >= 4 is 16.8 Å². The van der Waals surface area contributed by atoms with Crippen molar-refractivity contribution in [3.63, 3.8) is 0 Å². The summed E-state index contributed by atoms with van der Waals surface area (Å²) in [6.45, 7) is 3.67. The largest absolute Gasteiger partial charge is 0.497 e. The maximum Gasteiger partial charge on any atom is 0.253 e. The fourth-order valence-corrected chi connectivity index (χ4v) is 2.72. The molecule has 1 amide bonds. The number of hydrogen-bond acceptors (Lipinski definition) is 3. The van der Waals surface area contributed by atoms with Gasteiger partial charge in [-0.15, -0.1) is 0 Å². The molecule has 128 valence electrons. The van der Waals surface area contributed by atoms with Gasteiger partial charge in [-0.25, -0.2) is 4.39 Å². The molecule has 25 heavy (non-hydrogen) atoms. The molecule has 3 aromatic rings. The number of benzene rings is 2. The minimum absolute atomic E-state index is 0.216. The number of carbonyl (C=O) groups excluding carboxylic acids is 1. The number of fused-ring (bicyclic) bond motifs is 1. The molecule has 0 aliphatic carbocycles. The molecule has 0 radical (unpaired) electrons. The number of ether oxygens (including phenoxy) is 1. The molecule has 4 nitrogen and oxygen atoms in total. The topological polar surface area (TPSA) is 51.2 Å². The molecule has 5 heteroatoms. The van der Waals surface area contributed by atoms with Gasteiger partial charge >= 0.3 is 0 Å². The Morgan fingerprint density at radius 3 is 2.56 bits per heavy atom. The number of nitrogens with zero attached hydrogens (tertiary/aromatic N) is 1. The molecule has 2 aromatic carbocycles. The molecule has 0 fully saturated rings. The molecule has 0 spiro atoms. The highest BCUT2D eigenvalue weighted by Gasteiger charge is 2.15. The number of amides is 1. The van der Waals surface area contributed by atoms with Crippen LogP contribution in [0.25, 0.3) is 10.9 Å². The highest BCUT2D eigenvalue weighted by Crippen LogP contribution is 2.22. The van der Waals surface area contributed by atoms with E-state index in [0.29, 0.717) is 17.0 Å². The van der Waals surface area contributed by atoms with E-state index >= 15 is 0 Å². The lowest BCUT2D eigenvalue weighted by atomic mass is 10.1. The first kappa shape index (κ1) is 16.9. The molecule has 0 aliphatic heterocycles. The number of methoxy groups -OCH3 is 1. The molecule has 0 bridgehead atoms. The predicted molar refractivity (Wildman–Crippen MR) is 95.3 cm³/mol. The van der Waals surface area contributed by atoms with Crippen LogP contribution in [0.1, 0.15) is 34.6 Å². The van der Waals surface area contributed by atoms with Crippen LogP contribution in [-0.2, 0) is 0 Å². The van der Waals surface area contributed by atoms with Gasteiger partial charge in [0.2, 0.25) is 0 Å². The average Bonchev–Trinajstić information content (AvgIpc) is 2.61. The third kappa shape index (κ3) is 3.60. The second-order valence-corrected chi connectivity index (χ2v) is 5.93. The number of carbonyl (C=O) groups is 1. The van der Waals surface area contributed by atoms with Crippen LogP contribution in [0.15, 0.2) is 48.5 Å². The van der Waals surface area contributed by atoms with E-state index < -0.39 is 0 Å². The van der Waals surface area contributed by atoms with Crippen molar-refractivity contribution in [1.82, 2.24) is 10.3 Å². The van der Waals surface area contributed by atoms with Crippen molar-refractivity contribution in [2.24, 2.45) is 0 Å². The zero-order valence-electron chi connectivity index (χ0n) is 14.3. The highest BCUT2D eigenvalue weighted by molar-refractivity contribution is 5.99. The lowest BCUT2D eigenvalue weighted by Crippen LogP contribution is -2.27. The maximum absolute atomic E-state index is 13.0. The van der Waals surface area contributed by atoms with Gasteiger partial charge in [-0.3, -0.25) is 9.78 Å². The Kier molecular flexibility index (Phi) is 4.65.